The molecule has 0 aliphatic carbocycles. The molecular weight excluding hydrogens is 244 g/mol. The van der Waals surface area contributed by atoms with Gasteiger partial charge in [0, 0.05) is 12.4 Å². The number of aromatic nitrogens is 2. The van der Waals surface area contributed by atoms with Crippen molar-refractivity contribution in [2.24, 2.45) is 0 Å². The van der Waals surface area contributed by atoms with Gasteiger partial charge in [0.1, 0.15) is 11.4 Å². The first-order valence-electron chi connectivity index (χ1n) is 5.71. The Morgan fingerprint density at radius 2 is 2.16 bits per heavy atom. The van der Waals surface area contributed by atoms with Crippen LogP contribution in [0, 0.1) is 0 Å². The monoisotopic (exact) mass is 254 g/mol. The van der Waals surface area contributed by atoms with Crippen molar-refractivity contribution in [3.8, 4) is 0 Å². The van der Waals surface area contributed by atoms with E-state index in [1.165, 1.54) is 6.39 Å². The number of pyridine rings is 1. The van der Waals surface area contributed by atoms with Crippen LogP contribution in [0.1, 0.15) is 17.0 Å². The number of hydrogen-bond acceptors (Lipinski definition) is 4. The highest BCUT2D eigenvalue weighted by molar-refractivity contribution is 5.82. The van der Waals surface area contributed by atoms with Gasteiger partial charge in [0.25, 0.3) is 0 Å². The summed E-state index contributed by atoms with van der Waals surface area (Å²) >= 11 is 0. The number of aliphatic carboxylic acids is 1. The van der Waals surface area contributed by atoms with Crippen LogP contribution in [0.25, 0.3) is 11.1 Å². The molecule has 0 saturated heterocycles. The molecule has 3 aromatic rings. The van der Waals surface area contributed by atoms with Crippen molar-refractivity contribution < 1.29 is 14.3 Å². The van der Waals surface area contributed by atoms with Crippen molar-refractivity contribution in [1.29, 1.82) is 0 Å². The van der Waals surface area contributed by atoms with Gasteiger partial charge in [0.2, 0.25) is 0 Å². The molecule has 0 bridgehead atoms. The van der Waals surface area contributed by atoms with Crippen LogP contribution in [0.3, 0.4) is 0 Å². The Morgan fingerprint density at radius 3 is 2.89 bits per heavy atom. The fraction of sp³-hybridized carbons (Fsp3) is 0.0714. The Bertz CT molecular complexity index is 722. The largest absolute Gasteiger partial charge is 0.481 e. The van der Waals surface area contributed by atoms with Gasteiger partial charge in [-0.2, -0.15) is 0 Å². The SMILES string of the molecule is O=C(O)C(c1cccnc1)c1ccc2ncoc2c1. The molecule has 1 N–H and O–H groups in total. The predicted molar refractivity (Wildman–Crippen MR) is 67.7 cm³/mol. The second-order valence-corrected chi connectivity index (χ2v) is 4.14. The molecule has 0 amide bonds. The fourth-order valence-electron chi connectivity index (χ4n) is 2.08. The molecule has 0 aliphatic heterocycles. The van der Waals surface area contributed by atoms with E-state index in [0.717, 1.165) is 0 Å². The minimum absolute atomic E-state index is 0.577. The van der Waals surface area contributed by atoms with Gasteiger partial charge in [-0.25, -0.2) is 4.98 Å². The maximum Gasteiger partial charge on any atom is 0.315 e. The van der Waals surface area contributed by atoms with Gasteiger partial charge < -0.3 is 9.52 Å². The standard InChI is InChI=1S/C14H10N2O3/c17-14(18)13(10-2-1-5-15-7-10)9-3-4-11-12(6-9)19-8-16-11/h1-8,13H,(H,17,18). The molecule has 0 spiro atoms. The summed E-state index contributed by atoms with van der Waals surface area (Å²) in [6.07, 6.45) is 4.51. The van der Waals surface area contributed by atoms with Crippen LogP contribution in [0.15, 0.2) is 53.5 Å². The minimum Gasteiger partial charge on any atom is -0.481 e. The summed E-state index contributed by atoms with van der Waals surface area (Å²) in [5, 5.41) is 9.43. The highest BCUT2D eigenvalue weighted by Crippen LogP contribution is 2.27. The second-order valence-electron chi connectivity index (χ2n) is 4.14. The average molecular weight is 254 g/mol. The summed E-state index contributed by atoms with van der Waals surface area (Å²) in [7, 11) is 0. The molecule has 1 unspecified atom stereocenters. The third-order valence-electron chi connectivity index (χ3n) is 2.95. The zero-order chi connectivity index (χ0) is 13.2. The van der Waals surface area contributed by atoms with Crippen LogP contribution >= 0.6 is 0 Å². The summed E-state index contributed by atoms with van der Waals surface area (Å²) < 4.78 is 5.20. The van der Waals surface area contributed by atoms with E-state index in [4.69, 9.17) is 4.42 Å². The van der Waals surface area contributed by atoms with Gasteiger partial charge in [-0.05, 0) is 29.3 Å². The van der Waals surface area contributed by atoms with Crippen LogP contribution < -0.4 is 0 Å². The van der Waals surface area contributed by atoms with Gasteiger partial charge in [0.15, 0.2) is 12.0 Å². The van der Waals surface area contributed by atoms with E-state index in [1.54, 1.807) is 42.7 Å². The van der Waals surface area contributed by atoms with Crippen LogP contribution in [0.5, 0.6) is 0 Å². The maximum atomic E-state index is 11.5. The van der Waals surface area contributed by atoms with E-state index in [-0.39, 0.29) is 0 Å². The molecule has 0 saturated carbocycles. The molecule has 5 nitrogen and oxygen atoms in total. The molecule has 1 aromatic carbocycles. The lowest BCUT2D eigenvalue weighted by molar-refractivity contribution is -0.137. The molecule has 0 aliphatic rings. The number of oxazole rings is 1. The molecule has 0 fully saturated rings. The van der Waals surface area contributed by atoms with Crippen molar-refractivity contribution in [2.75, 3.05) is 0 Å². The van der Waals surface area contributed by atoms with Gasteiger partial charge >= 0.3 is 5.97 Å². The number of hydrogen-bond donors (Lipinski definition) is 1. The van der Waals surface area contributed by atoms with Crippen molar-refractivity contribution in [2.45, 2.75) is 5.92 Å². The first-order chi connectivity index (χ1) is 9.25. The molecule has 2 heterocycles. The summed E-state index contributed by atoms with van der Waals surface area (Å²) in [6, 6.07) is 8.67. The Labute approximate surface area is 108 Å². The van der Waals surface area contributed by atoms with E-state index in [9.17, 15) is 9.90 Å². The molecule has 1 atom stereocenters. The molecule has 94 valence electrons. The fourth-order valence-corrected chi connectivity index (χ4v) is 2.08. The number of fused-ring (bicyclic) bond motifs is 1. The smallest absolute Gasteiger partial charge is 0.315 e. The second kappa shape index (κ2) is 4.53. The molecule has 19 heavy (non-hydrogen) atoms. The van der Waals surface area contributed by atoms with E-state index in [2.05, 4.69) is 9.97 Å². The van der Waals surface area contributed by atoms with Crippen molar-refractivity contribution in [1.82, 2.24) is 9.97 Å². The first-order valence-corrected chi connectivity index (χ1v) is 5.71. The maximum absolute atomic E-state index is 11.5. The average Bonchev–Trinajstić information content (AvgIpc) is 2.87. The number of carboxylic acids is 1. The van der Waals surface area contributed by atoms with Crippen LogP contribution in [-0.2, 0) is 4.79 Å². The quantitative estimate of drug-likeness (QED) is 0.776. The summed E-state index contributed by atoms with van der Waals surface area (Å²) in [6.45, 7) is 0. The van der Waals surface area contributed by atoms with Crippen LogP contribution in [0.2, 0.25) is 0 Å². The molecular formula is C14H10N2O3. The number of carboxylic acid groups (broad SMARTS) is 1. The van der Waals surface area contributed by atoms with Crippen molar-refractivity contribution in [3.05, 3.63) is 60.2 Å². The normalized spacial score (nSPS) is 12.4. The number of rotatable bonds is 3. The molecule has 5 heteroatoms. The van der Waals surface area contributed by atoms with E-state index < -0.39 is 11.9 Å². The van der Waals surface area contributed by atoms with Gasteiger partial charge in [-0.15, -0.1) is 0 Å². The number of benzene rings is 1. The zero-order valence-corrected chi connectivity index (χ0v) is 9.85. The van der Waals surface area contributed by atoms with Gasteiger partial charge in [-0.3, -0.25) is 9.78 Å². The van der Waals surface area contributed by atoms with Crippen molar-refractivity contribution in [3.63, 3.8) is 0 Å². The van der Waals surface area contributed by atoms with Gasteiger partial charge in [-0.1, -0.05) is 12.1 Å². The van der Waals surface area contributed by atoms with Crippen LogP contribution in [0.4, 0.5) is 0 Å². The van der Waals surface area contributed by atoms with E-state index >= 15 is 0 Å². The number of carbonyl (C=O) groups is 1. The van der Waals surface area contributed by atoms with Crippen LogP contribution in [-0.4, -0.2) is 21.0 Å². The minimum atomic E-state index is -0.924. The zero-order valence-electron chi connectivity index (χ0n) is 9.85. The Kier molecular flexibility index (Phi) is 2.72. The molecule has 2 aromatic heterocycles. The predicted octanol–water partition coefficient (Wildman–Crippen LogP) is 2.44. The summed E-state index contributed by atoms with van der Waals surface area (Å²) in [4.78, 5) is 19.5. The summed E-state index contributed by atoms with van der Waals surface area (Å²) in [5.41, 5.74) is 2.56. The Hall–Kier alpha value is -2.69. The highest BCUT2D eigenvalue weighted by atomic mass is 16.4. The van der Waals surface area contributed by atoms with E-state index in [1.807, 2.05) is 0 Å². The van der Waals surface area contributed by atoms with Gasteiger partial charge in [0.05, 0.1) is 0 Å². The number of nitrogens with zero attached hydrogens (tertiary/aromatic N) is 2. The third kappa shape index (κ3) is 2.06. The topological polar surface area (TPSA) is 76.2 Å². The van der Waals surface area contributed by atoms with E-state index in [0.29, 0.717) is 22.2 Å². The molecule has 0 radical (unpaired) electrons. The highest BCUT2D eigenvalue weighted by Gasteiger charge is 2.22. The first kappa shape index (κ1) is 11.4. The third-order valence-corrected chi connectivity index (χ3v) is 2.95. The lowest BCUT2D eigenvalue weighted by Gasteiger charge is -2.12. The van der Waals surface area contributed by atoms with Crippen molar-refractivity contribution >= 4 is 17.1 Å². The molecule has 3 rings (SSSR count). The Morgan fingerprint density at radius 1 is 1.26 bits per heavy atom. The lowest BCUT2D eigenvalue weighted by atomic mass is 9.92. The Balaban J connectivity index is 2.12. The summed E-state index contributed by atoms with van der Waals surface area (Å²) in [5.74, 6) is -1.69. The lowest BCUT2D eigenvalue weighted by Crippen LogP contribution is -2.13.